The maximum Gasteiger partial charge on any atom is 0.122 e. The van der Waals surface area contributed by atoms with Crippen molar-refractivity contribution >= 4 is 11.6 Å². The number of alkyl halides is 1. The van der Waals surface area contributed by atoms with Gasteiger partial charge in [-0.15, -0.1) is 11.6 Å². The lowest BCUT2D eigenvalue weighted by Crippen LogP contribution is -2.02. The van der Waals surface area contributed by atoms with Crippen LogP contribution in [0.4, 0.5) is 0 Å². The Hall–Kier alpha value is -1.47. The minimum atomic E-state index is 0.698. The highest BCUT2D eigenvalue weighted by molar-refractivity contribution is 6.17. The molecule has 22 heavy (non-hydrogen) atoms. The summed E-state index contributed by atoms with van der Waals surface area (Å²) in [5.41, 5.74) is 7.79. The smallest absolute Gasteiger partial charge is 0.122 e. The molecule has 0 aliphatic heterocycles. The minimum absolute atomic E-state index is 0.698. The molecule has 0 spiro atoms. The number of rotatable bonds is 6. The lowest BCUT2D eigenvalue weighted by molar-refractivity contribution is 0.308. The van der Waals surface area contributed by atoms with Gasteiger partial charge in [0.2, 0.25) is 0 Å². The molecule has 1 nitrogen and oxygen atoms in total. The fourth-order valence-electron chi connectivity index (χ4n) is 2.96. The Bertz CT molecular complexity index is 626. The van der Waals surface area contributed by atoms with Crippen molar-refractivity contribution in [1.82, 2.24) is 0 Å². The highest BCUT2D eigenvalue weighted by Crippen LogP contribution is 2.36. The Labute approximate surface area is 139 Å². The van der Waals surface area contributed by atoms with Gasteiger partial charge in [-0.1, -0.05) is 24.3 Å². The molecule has 0 radical (unpaired) electrons. The van der Waals surface area contributed by atoms with Gasteiger partial charge in [0.25, 0.3) is 0 Å². The van der Waals surface area contributed by atoms with E-state index in [-0.39, 0.29) is 0 Å². The number of aryl methyl sites for hydroxylation is 3. The normalized spacial score (nSPS) is 10.8. The van der Waals surface area contributed by atoms with E-state index in [9.17, 15) is 0 Å². The summed E-state index contributed by atoms with van der Waals surface area (Å²) in [4.78, 5) is 0. The maximum absolute atomic E-state index is 5.98. The van der Waals surface area contributed by atoms with E-state index in [2.05, 4.69) is 58.0 Å². The predicted octanol–water partition coefficient (Wildman–Crippen LogP) is 5.99. The van der Waals surface area contributed by atoms with E-state index < -0.39 is 0 Å². The first kappa shape index (κ1) is 16.9. The number of hydrogen-bond donors (Lipinski definition) is 0. The van der Waals surface area contributed by atoms with E-state index in [4.69, 9.17) is 16.3 Å². The average Bonchev–Trinajstić information content (AvgIpc) is 2.48. The van der Waals surface area contributed by atoms with Crippen LogP contribution in [-0.4, -0.2) is 12.5 Å². The molecule has 0 fully saturated rings. The highest BCUT2D eigenvalue weighted by Gasteiger charge is 2.14. The third kappa shape index (κ3) is 3.64. The SMILES string of the molecule is Cc1cccc(C)c1-c1c(C)ccc(OCCCCCl)c1C. The summed E-state index contributed by atoms with van der Waals surface area (Å²) in [6.07, 6.45) is 1.99. The van der Waals surface area contributed by atoms with E-state index in [0.717, 1.165) is 25.2 Å². The molecule has 118 valence electrons. The van der Waals surface area contributed by atoms with E-state index in [1.54, 1.807) is 0 Å². The minimum Gasteiger partial charge on any atom is -0.493 e. The molecular weight excluding hydrogens is 292 g/mol. The number of benzene rings is 2. The summed E-state index contributed by atoms with van der Waals surface area (Å²) < 4.78 is 5.98. The number of ether oxygens (including phenoxy) is 1. The van der Waals surface area contributed by atoms with Gasteiger partial charge in [0.05, 0.1) is 6.61 Å². The standard InChI is InChI=1S/C20H25ClO/c1-14-8-7-9-15(2)19(14)20-16(3)10-11-18(17(20)4)22-13-6-5-12-21/h7-11H,5-6,12-13H2,1-4H3. The van der Waals surface area contributed by atoms with Crippen LogP contribution in [0.2, 0.25) is 0 Å². The highest BCUT2D eigenvalue weighted by atomic mass is 35.5. The largest absolute Gasteiger partial charge is 0.493 e. The lowest BCUT2D eigenvalue weighted by atomic mass is 9.89. The number of halogens is 1. The van der Waals surface area contributed by atoms with Crippen LogP contribution in [-0.2, 0) is 0 Å². The van der Waals surface area contributed by atoms with Gasteiger partial charge in [-0.2, -0.15) is 0 Å². The van der Waals surface area contributed by atoms with E-state index in [1.165, 1.54) is 33.4 Å². The molecule has 0 bridgehead atoms. The number of unbranched alkanes of at least 4 members (excludes halogenated alkanes) is 1. The molecule has 0 atom stereocenters. The predicted molar refractivity (Wildman–Crippen MR) is 96.3 cm³/mol. The molecule has 0 aromatic heterocycles. The van der Waals surface area contributed by atoms with Crippen LogP contribution in [0.15, 0.2) is 30.3 Å². The lowest BCUT2D eigenvalue weighted by Gasteiger charge is -2.18. The first-order valence-corrected chi connectivity index (χ1v) is 8.45. The van der Waals surface area contributed by atoms with Crippen LogP contribution in [0.5, 0.6) is 5.75 Å². The molecule has 2 heteroatoms. The Balaban J connectivity index is 2.39. The van der Waals surface area contributed by atoms with Gasteiger partial charge in [-0.25, -0.2) is 0 Å². The van der Waals surface area contributed by atoms with Crippen LogP contribution in [0, 0.1) is 27.7 Å². The molecule has 0 saturated heterocycles. The summed E-state index contributed by atoms with van der Waals surface area (Å²) in [5.74, 6) is 1.68. The van der Waals surface area contributed by atoms with Crippen molar-refractivity contribution in [1.29, 1.82) is 0 Å². The molecule has 0 amide bonds. The van der Waals surface area contributed by atoms with Gasteiger partial charge >= 0.3 is 0 Å². The Morgan fingerprint density at radius 1 is 0.818 bits per heavy atom. The van der Waals surface area contributed by atoms with Crippen molar-refractivity contribution in [3.63, 3.8) is 0 Å². The molecule has 0 saturated carbocycles. The molecule has 2 aromatic rings. The van der Waals surface area contributed by atoms with Crippen LogP contribution >= 0.6 is 11.6 Å². The first-order chi connectivity index (χ1) is 10.6. The van der Waals surface area contributed by atoms with Gasteiger partial charge in [-0.05, 0) is 80.0 Å². The Morgan fingerprint density at radius 2 is 1.45 bits per heavy atom. The van der Waals surface area contributed by atoms with Crippen molar-refractivity contribution < 1.29 is 4.74 Å². The summed E-state index contributed by atoms with van der Waals surface area (Å²) in [7, 11) is 0. The second-order valence-corrected chi connectivity index (χ2v) is 6.27. The second-order valence-electron chi connectivity index (χ2n) is 5.89. The topological polar surface area (TPSA) is 9.23 Å². The molecule has 2 aromatic carbocycles. The van der Waals surface area contributed by atoms with Crippen molar-refractivity contribution in [2.24, 2.45) is 0 Å². The molecule has 2 rings (SSSR count). The fraction of sp³-hybridized carbons (Fsp3) is 0.400. The summed E-state index contributed by atoms with van der Waals surface area (Å²) >= 11 is 5.72. The second kappa shape index (κ2) is 7.69. The van der Waals surface area contributed by atoms with E-state index in [0.29, 0.717) is 5.88 Å². The molecule has 0 heterocycles. The quantitative estimate of drug-likeness (QED) is 0.470. The van der Waals surface area contributed by atoms with Gasteiger partial charge in [0.15, 0.2) is 0 Å². The monoisotopic (exact) mass is 316 g/mol. The van der Waals surface area contributed by atoms with Crippen molar-refractivity contribution in [3.05, 3.63) is 52.6 Å². The van der Waals surface area contributed by atoms with Gasteiger partial charge < -0.3 is 4.74 Å². The summed E-state index contributed by atoms with van der Waals surface area (Å²) in [6.45, 7) is 9.41. The van der Waals surface area contributed by atoms with Gasteiger partial charge in [0.1, 0.15) is 5.75 Å². The summed E-state index contributed by atoms with van der Waals surface area (Å²) in [5, 5.41) is 0. The Morgan fingerprint density at radius 3 is 2.09 bits per heavy atom. The molecular formula is C20H25ClO. The van der Waals surface area contributed by atoms with Gasteiger partial charge in [0, 0.05) is 5.88 Å². The fourth-order valence-corrected chi connectivity index (χ4v) is 3.15. The third-order valence-electron chi connectivity index (χ3n) is 4.14. The number of hydrogen-bond acceptors (Lipinski definition) is 1. The molecule has 0 aliphatic carbocycles. The van der Waals surface area contributed by atoms with Crippen LogP contribution in [0.25, 0.3) is 11.1 Å². The zero-order valence-corrected chi connectivity index (χ0v) is 14.8. The van der Waals surface area contributed by atoms with E-state index in [1.807, 2.05) is 0 Å². The third-order valence-corrected chi connectivity index (χ3v) is 4.41. The van der Waals surface area contributed by atoms with Crippen molar-refractivity contribution in [3.8, 4) is 16.9 Å². The Kier molecular flexibility index (Phi) is 5.90. The molecule has 0 aliphatic rings. The van der Waals surface area contributed by atoms with Gasteiger partial charge in [-0.3, -0.25) is 0 Å². The van der Waals surface area contributed by atoms with Crippen LogP contribution in [0.3, 0.4) is 0 Å². The molecule has 0 unspecified atom stereocenters. The van der Waals surface area contributed by atoms with E-state index >= 15 is 0 Å². The zero-order valence-electron chi connectivity index (χ0n) is 14.0. The van der Waals surface area contributed by atoms with Crippen molar-refractivity contribution in [2.75, 3.05) is 12.5 Å². The molecule has 0 N–H and O–H groups in total. The van der Waals surface area contributed by atoms with Crippen LogP contribution in [0.1, 0.15) is 35.1 Å². The average molecular weight is 317 g/mol. The maximum atomic E-state index is 5.98. The van der Waals surface area contributed by atoms with Crippen molar-refractivity contribution in [2.45, 2.75) is 40.5 Å². The first-order valence-electron chi connectivity index (χ1n) is 7.91. The summed E-state index contributed by atoms with van der Waals surface area (Å²) in [6, 6.07) is 10.7. The zero-order chi connectivity index (χ0) is 16.1. The van der Waals surface area contributed by atoms with Crippen LogP contribution < -0.4 is 4.74 Å².